The van der Waals surface area contributed by atoms with E-state index in [4.69, 9.17) is 32.2 Å². The summed E-state index contributed by atoms with van der Waals surface area (Å²) in [6.07, 6.45) is 6.22. The summed E-state index contributed by atoms with van der Waals surface area (Å²) in [5.74, 6) is 2.45. The molecule has 0 atom stereocenters. The molecule has 244 valence electrons. The van der Waals surface area contributed by atoms with Crippen LogP contribution in [0.3, 0.4) is 0 Å². The lowest BCUT2D eigenvalue weighted by atomic mass is 9.92. The van der Waals surface area contributed by atoms with Crippen LogP contribution in [-0.2, 0) is 17.8 Å². The van der Waals surface area contributed by atoms with Gasteiger partial charge in [-0.1, -0.05) is 37.4 Å². The Bertz CT molecular complexity index is 1950. The minimum atomic E-state index is -1.11. The number of carboxylic acid groups (broad SMARTS) is 1. The standard InChI is InChI=1S/C18H17FN4O2S.C13H11ClN2O4S/c1-4-5-22-13-7-12(11(19)6-14(13)25-9-16(22)24)20-17-23-10-18(2,3)8-15(23)21-26-17;1-19-9-6-10(20-2)16-13(15-9)21-8-5-3-4-7(14)11(8)12(17)18/h1,6-7H,5,8-10H2,2-3H3;3-6H,1-2H3,(H,17,18). The van der Waals surface area contributed by atoms with Gasteiger partial charge in [0.15, 0.2) is 17.6 Å². The van der Waals surface area contributed by atoms with Gasteiger partial charge in [-0.25, -0.2) is 14.2 Å². The lowest BCUT2D eigenvalue weighted by molar-refractivity contribution is -0.121. The van der Waals surface area contributed by atoms with Crippen LogP contribution in [0.1, 0.15) is 30.0 Å². The zero-order valence-electron chi connectivity index (χ0n) is 25.6. The first-order chi connectivity index (χ1) is 22.4. The van der Waals surface area contributed by atoms with Crippen molar-refractivity contribution in [3.63, 3.8) is 0 Å². The number of methoxy groups -OCH3 is 2. The Hall–Kier alpha value is -4.65. The van der Waals surface area contributed by atoms with Gasteiger partial charge in [0, 0.05) is 35.5 Å². The van der Waals surface area contributed by atoms with Crippen LogP contribution < -0.4 is 23.9 Å². The summed E-state index contributed by atoms with van der Waals surface area (Å²) in [7, 11) is 2.94. The molecule has 0 radical (unpaired) electrons. The maximum Gasteiger partial charge on any atom is 0.338 e. The second-order valence-electron chi connectivity index (χ2n) is 10.9. The first-order valence-corrected chi connectivity index (χ1v) is 15.9. The molecule has 4 aromatic rings. The van der Waals surface area contributed by atoms with Crippen molar-refractivity contribution in [1.29, 1.82) is 0 Å². The number of anilines is 1. The van der Waals surface area contributed by atoms with Crippen molar-refractivity contribution in [2.24, 2.45) is 10.4 Å². The molecule has 0 spiro atoms. The second kappa shape index (κ2) is 14.0. The molecule has 12 nitrogen and oxygen atoms in total. The highest BCUT2D eigenvalue weighted by atomic mass is 35.5. The molecule has 47 heavy (non-hydrogen) atoms. The third-order valence-corrected chi connectivity index (χ3v) is 8.92. The number of rotatable bonds is 7. The van der Waals surface area contributed by atoms with Gasteiger partial charge < -0.3 is 23.9 Å². The molecule has 0 aliphatic carbocycles. The third-order valence-electron chi connectivity index (χ3n) is 6.90. The lowest BCUT2D eigenvalue weighted by Gasteiger charge is -2.28. The van der Waals surface area contributed by atoms with E-state index in [0.29, 0.717) is 38.1 Å². The smallest absolute Gasteiger partial charge is 0.338 e. The van der Waals surface area contributed by atoms with Crippen molar-refractivity contribution in [2.75, 3.05) is 32.3 Å². The topological polar surface area (TPSA) is 141 Å². The number of nitrogens with zero attached hydrogens (tertiary/aromatic N) is 6. The van der Waals surface area contributed by atoms with Crippen molar-refractivity contribution in [2.45, 2.75) is 36.9 Å². The number of hydrogen-bond acceptors (Lipinski definition) is 11. The maximum atomic E-state index is 14.5. The molecule has 2 aliphatic heterocycles. The molecule has 0 fully saturated rings. The fourth-order valence-electron chi connectivity index (χ4n) is 4.78. The van der Waals surface area contributed by atoms with Crippen molar-refractivity contribution >= 4 is 58.1 Å². The van der Waals surface area contributed by atoms with Crippen molar-refractivity contribution in [3.05, 3.63) is 63.4 Å². The monoisotopic (exact) mass is 698 g/mol. The van der Waals surface area contributed by atoms with Crippen LogP contribution >= 0.6 is 34.9 Å². The van der Waals surface area contributed by atoms with Crippen LogP contribution in [0, 0.1) is 23.6 Å². The molecule has 1 N–H and O–H groups in total. The number of aromatic nitrogens is 4. The molecule has 0 unspecified atom stereocenters. The number of fused-ring (bicyclic) bond motifs is 2. The number of hydrogen-bond donors (Lipinski definition) is 1. The molecular weight excluding hydrogens is 671 g/mol. The number of terminal acetylenes is 1. The molecule has 2 aliphatic rings. The average molecular weight is 699 g/mol. The van der Waals surface area contributed by atoms with E-state index in [1.165, 1.54) is 54.9 Å². The molecule has 4 heterocycles. The normalized spacial score (nSPS) is 14.7. The van der Waals surface area contributed by atoms with Gasteiger partial charge in [0.25, 0.3) is 5.91 Å². The molecular formula is C31H28ClFN6O6S2. The summed E-state index contributed by atoms with van der Waals surface area (Å²) in [4.78, 5) is 38.6. The van der Waals surface area contributed by atoms with E-state index in [2.05, 4.69) is 39.1 Å². The quantitative estimate of drug-likeness (QED) is 0.201. The summed E-state index contributed by atoms with van der Waals surface area (Å²) < 4.78 is 36.4. The third kappa shape index (κ3) is 7.51. The number of carbonyl (C=O) groups is 2. The second-order valence-corrected chi connectivity index (χ2v) is 13.1. The van der Waals surface area contributed by atoms with Crippen LogP contribution in [0.25, 0.3) is 0 Å². The number of amides is 1. The first kappa shape index (κ1) is 33.7. The van der Waals surface area contributed by atoms with E-state index in [0.717, 1.165) is 30.6 Å². The number of aromatic carboxylic acids is 1. The first-order valence-electron chi connectivity index (χ1n) is 13.9. The Morgan fingerprint density at radius 1 is 1.26 bits per heavy atom. The van der Waals surface area contributed by atoms with Gasteiger partial charge in [-0.05, 0) is 35.4 Å². The molecule has 2 aromatic carbocycles. The molecule has 1 amide bonds. The fraction of sp³-hybridized carbons (Fsp3) is 0.290. The number of carbonyl (C=O) groups excluding carboxylic acids is 1. The highest BCUT2D eigenvalue weighted by Gasteiger charge is 2.31. The summed E-state index contributed by atoms with van der Waals surface area (Å²) in [6, 6.07) is 9.10. The highest BCUT2D eigenvalue weighted by Crippen LogP contribution is 2.38. The van der Waals surface area contributed by atoms with Gasteiger partial charge in [0.1, 0.15) is 17.3 Å². The largest absolute Gasteiger partial charge is 0.481 e. The molecule has 0 saturated heterocycles. The molecule has 0 bridgehead atoms. The van der Waals surface area contributed by atoms with E-state index in [-0.39, 0.29) is 40.7 Å². The van der Waals surface area contributed by atoms with Crippen LogP contribution in [-0.4, -0.2) is 63.3 Å². The van der Waals surface area contributed by atoms with Gasteiger partial charge in [0.05, 0.1) is 43.1 Å². The van der Waals surface area contributed by atoms with Crippen LogP contribution in [0.2, 0.25) is 5.02 Å². The van der Waals surface area contributed by atoms with E-state index in [9.17, 15) is 19.1 Å². The summed E-state index contributed by atoms with van der Waals surface area (Å²) in [6.45, 7) is 5.05. The number of benzene rings is 2. The Kier molecular flexibility index (Phi) is 10.0. The number of halogens is 2. The summed E-state index contributed by atoms with van der Waals surface area (Å²) in [5.41, 5.74) is 0.687. The molecule has 6 rings (SSSR count). The minimum absolute atomic E-state index is 0.00885. The molecule has 16 heteroatoms. The van der Waals surface area contributed by atoms with E-state index < -0.39 is 11.8 Å². The van der Waals surface area contributed by atoms with Crippen molar-refractivity contribution in [1.82, 2.24) is 18.9 Å². The molecule has 0 saturated carbocycles. The highest BCUT2D eigenvalue weighted by molar-refractivity contribution is 7.99. The number of carboxylic acids is 1. The Morgan fingerprint density at radius 2 is 1.98 bits per heavy atom. The average Bonchev–Trinajstić information content (AvgIpc) is 3.54. The SMILES string of the molecule is C#CCN1C(=O)COc2cc(F)c(N=c3snc4n3CC(C)(C)C4)cc21.COc1cc(OC)nc(Sc2cccc(Cl)c2C(=O)O)n1. The maximum absolute atomic E-state index is 14.5. The molecule has 2 aromatic heterocycles. The predicted octanol–water partition coefficient (Wildman–Crippen LogP) is 5.25. The van der Waals surface area contributed by atoms with Crippen LogP contribution in [0.15, 0.2) is 51.4 Å². The number of ether oxygens (including phenoxy) is 3. The van der Waals surface area contributed by atoms with E-state index in [1.54, 1.807) is 12.1 Å². The fourth-order valence-corrected chi connectivity index (χ4v) is 6.76. The zero-order chi connectivity index (χ0) is 33.9. The van der Waals surface area contributed by atoms with Crippen molar-refractivity contribution < 1.29 is 33.3 Å². The summed E-state index contributed by atoms with van der Waals surface area (Å²) >= 11 is 8.23. The van der Waals surface area contributed by atoms with Crippen LogP contribution in [0.4, 0.5) is 15.8 Å². The minimum Gasteiger partial charge on any atom is -0.481 e. The van der Waals surface area contributed by atoms with E-state index in [1.807, 2.05) is 4.57 Å². The van der Waals surface area contributed by atoms with Crippen LogP contribution in [0.5, 0.6) is 17.5 Å². The van der Waals surface area contributed by atoms with Gasteiger partial charge in [-0.3, -0.25) is 9.69 Å². The Labute approximate surface area is 282 Å². The Morgan fingerprint density at radius 3 is 2.64 bits per heavy atom. The van der Waals surface area contributed by atoms with Gasteiger partial charge >= 0.3 is 5.97 Å². The zero-order valence-corrected chi connectivity index (χ0v) is 28.0. The van der Waals surface area contributed by atoms with Gasteiger partial charge in [-0.2, -0.15) is 14.3 Å². The lowest BCUT2D eigenvalue weighted by Crippen LogP contribution is -2.39. The van der Waals surface area contributed by atoms with Gasteiger partial charge in [0.2, 0.25) is 16.6 Å². The predicted molar refractivity (Wildman–Crippen MR) is 174 cm³/mol. The Balaban J connectivity index is 0.000000189. The van der Waals surface area contributed by atoms with Crippen molar-refractivity contribution in [3.8, 4) is 29.9 Å². The van der Waals surface area contributed by atoms with E-state index >= 15 is 0 Å². The summed E-state index contributed by atoms with van der Waals surface area (Å²) in [5, 5.41) is 9.69. The van der Waals surface area contributed by atoms with Gasteiger partial charge in [-0.15, -0.1) is 6.42 Å².